The standard InChI is InChI=1S/C16H16Cl2N2O2S/c1-9-2-4-12-14(6-9)23-16(19-12)20-15(21)8-22-13-5-3-10(17)7-11(13)18/h3,5,7,9H,2,4,6,8H2,1H3,(H,19,20,21). The lowest BCUT2D eigenvalue weighted by Crippen LogP contribution is -2.20. The van der Waals surface area contributed by atoms with E-state index in [1.165, 1.54) is 4.88 Å². The molecule has 122 valence electrons. The maximum absolute atomic E-state index is 12.0. The van der Waals surface area contributed by atoms with E-state index in [1.807, 2.05) is 0 Å². The summed E-state index contributed by atoms with van der Waals surface area (Å²) in [6.45, 7) is 2.12. The van der Waals surface area contributed by atoms with Crippen LogP contribution in [0.15, 0.2) is 18.2 Å². The fraction of sp³-hybridized carbons (Fsp3) is 0.375. The van der Waals surface area contributed by atoms with Gasteiger partial charge in [-0.15, -0.1) is 11.3 Å². The molecule has 0 saturated carbocycles. The van der Waals surface area contributed by atoms with Crippen LogP contribution in [-0.4, -0.2) is 17.5 Å². The number of hydrogen-bond donors (Lipinski definition) is 1. The molecule has 4 nitrogen and oxygen atoms in total. The summed E-state index contributed by atoms with van der Waals surface area (Å²) in [5.74, 6) is 0.857. The van der Waals surface area contributed by atoms with Crippen LogP contribution in [0.2, 0.25) is 10.0 Å². The van der Waals surface area contributed by atoms with Gasteiger partial charge in [0, 0.05) is 9.90 Å². The molecule has 7 heteroatoms. The first-order valence-corrected chi connectivity index (χ1v) is 8.95. The van der Waals surface area contributed by atoms with Gasteiger partial charge in [-0.25, -0.2) is 4.98 Å². The van der Waals surface area contributed by atoms with E-state index in [2.05, 4.69) is 17.2 Å². The number of carbonyl (C=O) groups is 1. The maximum atomic E-state index is 12.0. The van der Waals surface area contributed by atoms with Gasteiger partial charge >= 0.3 is 0 Å². The Hall–Kier alpha value is -1.30. The van der Waals surface area contributed by atoms with Gasteiger partial charge in [0.15, 0.2) is 11.7 Å². The number of rotatable bonds is 4. The van der Waals surface area contributed by atoms with E-state index < -0.39 is 0 Å². The minimum atomic E-state index is -0.254. The number of anilines is 1. The molecule has 23 heavy (non-hydrogen) atoms. The first-order valence-electron chi connectivity index (χ1n) is 7.37. The van der Waals surface area contributed by atoms with Gasteiger partial charge in [0.1, 0.15) is 5.75 Å². The average molecular weight is 371 g/mol. The number of halogens is 2. The largest absolute Gasteiger partial charge is 0.482 e. The van der Waals surface area contributed by atoms with Crippen LogP contribution in [0.25, 0.3) is 0 Å². The number of aromatic nitrogens is 1. The molecule has 3 rings (SSSR count). The Morgan fingerprint density at radius 3 is 3.09 bits per heavy atom. The molecule has 1 heterocycles. The van der Waals surface area contributed by atoms with E-state index in [4.69, 9.17) is 27.9 Å². The molecule has 1 N–H and O–H groups in total. The van der Waals surface area contributed by atoms with E-state index in [0.717, 1.165) is 25.0 Å². The molecule has 1 aliphatic carbocycles. The summed E-state index contributed by atoms with van der Waals surface area (Å²) in [5, 5.41) is 4.33. The number of hydrogen-bond acceptors (Lipinski definition) is 4. The maximum Gasteiger partial charge on any atom is 0.264 e. The molecule has 1 aromatic heterocycles. The number of amides is 1. The van der Waals surface area contributed by atoms with Crippen LogP contribution in [0.5, 0.6) is 5.75 Å². The molecule has 0 saturated heterocycles. The van der Waals surface area contributed by atoms with Gasteiger partial charge in [0.2, 0.25) is 0 Å². The molecule has 0 fully saturated rings. The first kappa shape index (κ1) is 16.6. The molecular formula is C16H16Cl2N2O2S. The van der Waals surface area contributed by atoms with Crippen LogP contribution in [0, 0.1) is 5.92 Å². The third-order valence-corrected chi connectivity index (χ3v) is 5.25. The van der Waals surface area contributed by atoms with E-state index >= 15 is 0 Å². The Morgan fingerprint density at radius 1 is 1.48 bits per heavy atom. The lowest BCUT2D eigenvalue weighted by molar-refractivity contribution is -0.118. The number of nitrogens with zero attached hydrogens (tertiary/aromatic N) is 1. The predicted octanol–water partition coefficient (Wildman–Crippen LogP) is 4.59. The average Bonchev–Trinajstić information content (AvgIpc) is 2.87. The van der Waals surface area contributed by atoms with Gasteiger partial charge in [0.05, 0.1) is 10.7 Å². The number of fused-ring (bicyclic) bond motifs is 1. The number of carbonyl (C=O) groups excluding carboxylic acids is 1. The molecule has 1 amide bonds. The van der Waals surface area contributed by atoms with Gasteiger partial charge in [-0.05, 0) is 43.4 Å². The van der Waals surface area contributed by atoms with Gasteiger partial charge in [0.25, 0.3) is 5.91 Å². The van der Waals surface area contributed by atoms with Crippen LogP contribution >= 0.6 is 34.5 Å². The molecule has 1 aromatic carbocycles. The topological polar surface area (TPSA) is 51.2 Å². The van der Waals surface area contributed by atoms with Gasteiger partial charge in [-0.2, -0.15) is 0 Å². The summed E-state index contributed by atoms with van der Waals surface area (Å²) in [6, 6.07) is 4.88. The number of benzene rings is 1. The second kappa shape index (κ2) is 7.07. The Kier molecular flexibility index (Phi) is 5.09. The number of nitrogens with one attached hydrogen (secondary N) is 1. The Labute approximate surface area is 148 Å². The minimum absolute atomic E-state index is 0.123. The normalized spacial score (nSPS) is 16.7. The van der Waals surface area contributed by atoms with E-state index in [9.17, 15) is 4.79 Å². The molecule has 1 atom stereocenters. The van der Waals surface area contributed by atoms with Crippen molar-refractivity contribution >= 4 is 45.6 Å². The van der Waals surface area contributed by atoms with Crippen LogP contribution < -0.4 is 10.1 Å². The quantitative estimate of drug-likeness (QED) is 0.855. The Morgan fingerprint density at radius 2 is 2.30 bits per heavy atom. The molecule has 1 unspecified atom stereocenters. The second-order valence-corrected chi connectivity index (χ2v) is 7.58. The SMILES string of the molecule is CC1CCc2nc(NC(=O)COc3ccc(Cl)cc3Cl)sc2C1. The molecule has 0 radical (unpaired) electrons. The summed E-state index contributed by atoms with van der Waals surface area (Å²) in [4.78, 5) is 17.8. The van der Waals surface area contributed by atoms with Crippen molar-refractivity contribution in [3.05, 3.63) is 38.8 Å². The fourth-order valence-electron chi connectivity index (χ4n) is 2.48. The highest BCUT2D eigenvalue weighted by molar-refractivity contribution is 7.15. The van der Waals surface area contributed by atoms with Crippen molar-refractivity contribution in [1.82, 2.24) is 4.98 Å². The fourth-order valence-corrected chi connectivity index (χ4v) is 4.13. The minimum Gasteiger partial charge on any atom is -0.482 e. The highest BCUT2D eigenvalue weighted by Gasteiger charge is 2.20. The molecule has 0 aliphatic heterocycles. The molecule has 1 aliphatic rings. The van der Waals surface area contributed by atoms with E-state index in [1.54, 1.807) is 29.5 Å². The van der Waals surface area contributed by atoms with Crippen molar-refractivity contribution in [3.8, 4) is 5.75 Å². The molecule has 0 bridgehead atoms. The van der Waals surface area contributed by atoms with Gasteiger partial charge in [-0.1, -0.05) is 30.1 Å². The van der Waals surface area contributed by atoms with Crippen molar-refractivity contribution in [2.45, 2.75) is 26.2 Å². The second-order valence-electron chi connectivity index (χ2n) is 5.65. The van der Waals surface area contributed by atoms with Crippen molar-refractivity contribution in [3.63, 3.8) is 0 Å². The molecule has 0 spiro atoms. The van der Waals surface area contributed by atoms with Crippen LogP contribution in [-0.2, 0) is 17.6 Å². The van der Waals surface area contributed by atoms with Crippen molar-refractivity contribution in [2.24, 2.45) is 5.92 Å². The van der Waals surface area contributed by atoms with Crippen LogP contribution in [0.4, 0.5) is 5.13 Å². The first-order chi connectivity index (χ1) is 11.0. The summed E-state index contributed by atoms with van der Waals surface area (Å²) in [7, 11) is 0. The summed E-state index contributed by atoms with van der Waals surface area (Å²) < 4.78 is 5.42. The molecular weight excluding hydrogens is 355 g/mol. The van der Waals surface area contributed by atoms with Crippen LogP contribution in [0.3, 0.4) is 0 Å². The monoisotopic (exact) mass is 370 g/mol. The zero-order valence-electron chi connectivity index (χ0n) is 12.6. The third-order valence-electron chi connectivity index (χ3n) is 3.69. The number of ether oxygens (including phenoxy) is 1. The predicted molar refractivity (Wildman–Crippen MR) is 93.9 cm³/mol. The van der Waals surface area contributed by atoms with Gasteiger partial charge in [-0.3, -0.25) is 10.1 Å². The molecule has 2 aromatic rings. The number of aryl methyl sites for hydroxylation is 1. The lowest BCUT2D eigenvalue weighted by atomic mass is 9.93. The van der Waals surface area contributed by atoms with Crippen molar-refractivity contribution in [2.75, 3.05) is 11.9 Å². The lowest BCUT2D eigenvalue weighted by Gasteiger charge is -2.15. The zero-order valence-corrected chi connectivity index (χ0v) is 14.9. The van der Waals surface area contributed by atoms with E-state index in [-0.39, 0.29) is 12.5 Å². The van der Waals surface area contributed by atoms with E-state index in [0.29, 0.717) is 26.8 Å². The van der Waals surface area contributed by atoms with Gasteiger partial charge < -0.3 is 4.74 Å². The van der Waals surface area contributed by atoms with Crippen LogP contribution in [0.1, 0.15) is 23.9 Å². The number of thiazole rings is 1. The Bertz CT molecular complexity index is 733. The van der Waals surface area contributed by atoms with Crippen molar-refractivity contribution < 1.29 is 9.53 Å². The summed E-state index contributed by atoms with van der Waals surface area (Å²) in [5.41, 5.74) is 1.12. The Balaban J connectivity index is 1.57. The zero-order chi connectivity index (χ0) is 16.4. The summed E-state index contributed by atoms with van der Waals surface area (Å²) >= 11 is 13.4. The highest BCUT2D eigenvalue weighted by Crippen LogP contribution is 2.32. The smallest absolute Gasteiger partial charge is 0.264 e. The van der Waals surface area contributed by atoms with Crippen molar-refractivity contribution in [1.29, 1.82) is 0 Å². The summed E-state index contributed by atoms with van der Waals surface area (Å²) in [6.07, 6.45) is 3.18. The highest BCUT2D eigenvalue weighted by atomic mass is 35.5. The third kappa shape index (κ3) is 4.16.